The number of allylic oxidation sites excluding steroid dienone is 5. The number of carbonyl (C=O) groups is 2. The molecule has 0 heterocycles. The zero-order chi connectivity index (χ0) is 35.0. The van der Waals surface area contributed by atoms with Gasteiger partial charge in [0.2, 0.25) is 0 Å². The minimum Gasteiger partial charge on any atom is -0.460 e. The number of esters is 1. The lowest BCUT2D eigenvalue weighted by Crippen LogP contribution is -2.65. The summed E-state index contributed by atoms with van der Waals surface area (Å²) >= 11 is 0. The Kier molecular flexibility index (Phi) is 8.59. The summed E-state index contributed by atoms with van der Waals surface area (Å²) in [5, 5.41) is 0. The average Bonchev–Trinajstić information content (AvgIpc) is 3.48. The first-order valence-corrected chi connectivity index (χ1v) is 19.5. The van der Waals surface area contributed by atoms with Crippen molar-refractivity contribution >= 4 is 12.3 Å². The summed E-state index contributed by atoms with van der Waals surface area (Å²) in [5.74, 6) is 2.31. The summed E-state index contributed by atoms with van der Waals surface area (Å²) in [6.07, 6.45) is 18.2. The standard InChI is InChI=1S/C45H61FO3/c1-30(2)33-17-24-45(29-47)26-25-42(6)35(38(33)45)13-14-37-41(5)20-18-34(40(3,4)36(41)19-21-43(37,42)7)32-15-22-44(28-46,23-16-32)39(48)49-27-31-11-9-8-10-12-31/h8-12,15,18,29,33,35-38H,1,13-14,16-17,19-28H2,2-7H3/t33-,35+,36-,37+,38+,41-,42+,43+,44+,45+/m0/s1. The Bertz CT molecular complexity index is 1560. The number of hydrogen-bond donors (Lipinski definition) is 0. The number of benzene rings is 1. The number of aldehydes is 1. The van der Waals surface area contributed by atoms with E-state index in [4.69, 9.17) is 4.74 Å². The zero-order valence-corrected chi connectivity index (χ0v) is 31.2. The predicted octanol–water partition coefficient (Wildman–Crippen LogP) is 11.2. The van der Waals surface area contributed by atoms with Crippen LogP contribution in [0.1, 0.15) is 124 Å². The number of halogens is 1. The number of hydrogen-bond acceptors (Lipinski definition) is 3. The molecule has 7 rings (SSSR count). The molecule has 3 nitrogen and oxygen atoms in total. The van der Waals surface area contributed by atoms with E-state index in [1.165, 1.54) is 55.1 Å². The van der Waals surface area contributed by atoms with Gasteiger partial charge >= 0.3 is 5.97 Å². The van der Waals surface area contributed by atoms with Crippen LogP contribution in [-0.2, 0) is 20.9 Å². The molecule has 266 valence electrons. The molecule has 10 atom stereocenters. The highest BCUT2D eigenvalue weighted by atomic mass is 19.1. The molecule has 0 N–H and O–H groups in total. The van der Waals surface area contributed by atoms with Crippen molar-refractivity contribution in [1.82, 2.24) is 0 Å². The molecule has 1 aromatic carbocycles. The second-order valence-electron chi connectivity index (χ2n) is 19.0. The van der Waals surface area contributed by atoms with Crippen molar-refractivity contribution in [3.05, 3.63) is 71.3 Å². The monoisotopic (exact) mass is 668 g/mol. The number of alkyl halides is 1. The lowest BCUT2D eigenvalue weighted by atomic mass is 9.32. The maximum absolute atomic E-state index is 14.7. The molecular formula is C45H61FO3. The third kappa shape index (κ3) is 4.98. The van der Waals surface area contributed by atoms with Crippen LogP contribution in [0.15, 0.2) is 65.8 Å². The summed E-state index contributed by atoms with van der Waals surface area (Å²) in [6.45, 7) is 19.0. The van der Waals surface area contributed by atoms with Crippen LogP contribution in [0.2, 0.25) is 0 Å². The van der Waals surface area contributed by atoms with Gasteiger partial charge in [-0.2, -0.15) is 0 Å². The van der Waals surface area contributed by atoms with Gasteiger partial charge in [-0.1, -0.05) is 89.3 Å². The van der Waals surface area contributed by atoms with Crippen LogP contribution < -0.4 is 0 Å². The highest BCUT2D eigenvalue weighted by molar-refractivity contribution is 5.78. The van der Waals surface area contributed by atoms with Crippen LogP contribution in [0.25, 0.3) is 0 Å². The van der Waals surface area contributed by atoms with Crippen molar-refractivity contribution in [1.29, 1.82) is 0 Å². The molecule has 0 amide bonds. The molecule has 6 aliphatic carbocycles. The van der Waals surface area contributed by atoms with E-state index >= 15 is 0 Å². The molecule has 4 fully saturated rings. The maximum atomic E-state index is 14.7. The summed E-state index contributed by atoms with van der Waals surface area (Å²) < 4.78 is 20.3. The number of fused-ring (bicyclic) bond motifs is 7. The molecule has 4 heteroatoms. The van der Waals surface area contributed by atoms with Gasteiger partial charge in [0.1, 0.15) is 19.6 Å². The molecule has 0 saturated heterocycles. The third-order valence-corrected chi connectivity index (χ3v) is 16.8. The van der Waals surface area contributed by atoms with E-state index in [9.17, 15) is 14.0 Å². The fourth-order valence-electron chi connectivity index (χ4n) is 13.9. The Morgan fingerprint density at radius 1 is 0.898 bits per heavy atom. The second-order valence-corrected chi connectivity index (χ2v) is 19.0. The Balaban J connectivity index is 1.13. The molecule has 0 bridgehead atoms. The van der Waals surface area contributed by atoms with E-state index in [0.717, 1.165) is 31.2 Å². The minimum atomic E-state index is -1.09. The molecule has 49 heavy (non-hydrogen) atoms. The first-order valence-electron chi connectivity index (χ1n) is 19.5. The molecular weight excluding hydrogens is 607 g/mol. The van der Waals surface area contributed by atoms with Crippen LogP contribution in [-0.4, -0.2) is 18.9 Å². The van der Waals surface area contributed by atoms with E-state index < -0.39 is 18.1 Å². The highest BCUT2D eigenvalue weighted by Crippen LogP contribution is 2.77. The Morgan fingerprint density at radius 3 is 2.31 bits per heavy atom. The molecule has 1 aromatic rings. The van der Waals surface area contributed by atoms with Gasteiger partial charge in [-0.15, -0.1) is 0 Å². The third-order valence-electron chi connectivity index (χ3n) is 16.8. The maximum Gasteiger partial charge on any atom is 0.315 e. The van der Waals surface area contributed by atoms with E-state index in [0.29, 0.717) is 48.9 Å². The van der Waals surface area contributed by atoms with Crippen molar-refractivity contribution < 1.29 is 18.7 Å². The predicted molar refractivity (Wildman–Crippen MR) is 195 cm³/mol. The van der Waals surface area contributed by atoms with Gasteiger partial charge in [0.15, 0.2) is 0 Å². The fraction of sp³-hybridized carbons (Fsp3) is 0.689. The van der Waals surface area contributed by atoms with Crippen molar-refractivity contribution in [2.45, 2.75) is 125 Å². The fourth-order valence-corrected chi connectivity index (χ4v) is 13.9. The number of ether oxygens (including phenoxy) is 1. The van der Waals surface area contributed by atoms with E-state index in [2.05, 4.69) is 60.3 Å². The van der Waals surface area contributed by atoms with Crippen LogP contribution in [0.3, 0.4) is 0 Å². The normalized spacial score (nSPS) is 43.9. The minimum absolute atomic E-state index is 0.00279. The van der Waals surface area contributed by atoms with Gasteiger partial charge in [0, 0.05) is 5.41 Å². The van der Waals surface area contributed by atoms with Gasteiger partial charge in [-0.05, 0) is 152 Å². The van der Waals surface area contributed by atoms with Gasteiger partial charge in [0.25, 0.3) is 0 Å². The Labute approximate surface area is 295 Å². The van der Waals surface area contributed by atoms with E-state index in [-0.39, 0.29) is 33.7 Å². The van der Waals surface area contributed by atoms with Crippen LogP contribution >= 0.6 is 0 Å². The molecule has 6 aliphatic rings. The lowest BCUT2D eigenvalue weighted by Gasteiger charge is -2.72. The van der Waals surface area contributed by atoms with Crippen molar-refractivity contribution in [3.63, 3.8) is 0 Å². The quantitative estimate of drug-likeness (QED) is 0.165. The lowest BCUT2D eigenvalue weighted by molar-refractivity contribution is -0.224. The molecule has 0 spiro atoms. The van der Waals surface area contributed by atoms with E-state index in [1.54, 1.807) is 0 Å². The topological polar surface area (TPSA) is 43.4 Å². The summed E-state index contributed by atoms with van der Waals surface area (Å²) in [7, 11) is 0. The molecule has 0 aromatic heterocycles. The largest absolute Gasteiger partial charge is 0.460 e. The summed E-state index contributed by atoms with van der Waals surface area (Å²) in [4.78, 5) is 26.1. The van der Waals surface area contributed by atoms with Crippen LogP contribution in [0.5, 0.6) is 0 Å². The SMILES string of the molecule is C=C(C)[C@@H]1CC[C@]2(C=O)CC[C@]3(C)[C@H](CC[C@@H]4[C@@]5(C)CC=C(C6=CC[C@@](CF)(C(=O)OCc7ccccc7)CC6)C(C)(C)[C@@H]5CC[C@]43C)[C@@H]12. The second kappa shape index (κ2) is 12.0. The van der Waals surface area contributed by atoms with Gasteiger partial charge in [-0.3, -0.25) is 4.79 Å². The molecule has 4 saturated carbocycles. The average molecular weight is 669 g/mol. The molecule has 0 radical (unpaired) electrons. The first kappa shape index (κ1) is 34.9. The summed E-state index contributed by atoms with van der Waals surface area (Å²) in [5.41, 5.74) is 4.41. The molecule has 0 unspecified atom stereocenters. The van der Waals surface area contributed by atoms with Gasteiger partial charge in [-0.25, -0.2) is 4.39 Å². The first-order chi connectivity index (χ1) is 23.2. The van der Waals surface area contributed by atoms with Crippen molar-refractivity contribution in [3.8, 4) is 0 Å². The Morgan fingerprint density at radius 2 is 1.65 bits per heavy atom. The zero-order valence-electron chi connectivity index (χ0n) is 31.2. The number of rotatable bonds is 7. The summed E-state index contributed by atoms with van der Waals surface area (Å²) in [6, 6.07) is 9.65. The Hall–Kier alpha value is -2.49. The highest BCUT2D eigenvalue weighted by Gasteiger charge is 2.70. The van der Waals surface area contributed by atoms with Crippen LogP contribution in [0, 0.1) is 62.1 Å². The molecule has 0 aliphatic heterocycles. The number of carbonyl (C=O) groups excluding carboxylic acids is 2. The van der Waals surface area contributed by atoms with E-state index in [1.807, 2.05) is 30.3 Å². The smallest absolute Gasteiger partial charge is 0.315 e. The van der Waals surface area contributed by atoms with Gasteiger partial charge in [0.05, 0.1) is 5.41 Å². The van der Waals surface area contributed by atoms with Crippen molar-refractivity contribution in [2.75, 3.05) is 6.67 Å². The van der Waals surface area contributed by atoms with Gasteiger partial charge < -0.3 is 9.53 Å². The van der Waals surface area contributed by atoms with Crippen molar-refractivity contribution in [2.24, 2.45) is 62.1 Å². The van der Waals surface area contributed by atoms with Crippen LogP contribution in [0.4, 0.5) is 4.39 Å².